The Morgan fingerprint density at radius 3 is 2.16 bits per heavy atom. The van der Waals surface area contributed by atoms with E-state index in [1.165, 1.54) is 0 Å². The molecule has 0 saturated heterocycles. The van der Waals surface area contributed by atoms with Crippen molar-refractivity contribution in [1.29, 1.82) is 0 Å². The molecule has 8 nitrogen and oxygen atoms in total. The second kappa shape index (κ2) is 6.91. The number of hydrogen-bond acceptors (Lipinski definition) is 6. The fourth-order valence-electron chi connectivity index (χ4n) is 2.17. The number of nitrogens with zero attached hydrogens (tertiary/aromatic N) is 3. The summed E-state index contributed by atoms with van der Waals surface area (Å²) in [5.41, 5.74) is 0.0741. The van der Waals surface area contributed by atoms with Crippen molar-refractivity contribution < 1.29 is 14.6 Å². The molecule has 8 heteroatoms. The maximum atomic E-state index is 12.4. The molecule has 3 rings (SSSR count). The van der Waals surface area contributed by atoms with Crippen molar-refractivity contribution in [2.24, 2.45) is 4.99 Å². The fourth-order valence-corrected chi connectivity index (χ4v) is 2.17. The third-order valence-corrected chi connectivity index (χ3v) is 3.50. The molecule has 0 saturated carbocycles. The Bertz CT molecular complexity index is 940. The minimum absolute atomic E-state index is 0.286. The van der Waals surface area contributed by atoms with E-state index in [9.17, 15) is 9.90 Å². The Kier molecular flexibility index (Phi) is 4.51. The summed E-state index contributed by atoms with van der Waals surface area (Å²) in [6, 6.07) is 13.3. The number of benzene rings is 2. The van der Waals surface area contributed by atoms with E-state index in [2.05, 4.69) is 15.3 Å². The number of methoxy groups -OCH3 is 2. The highest BCUT2D eigenvalue weighted by Crippen LogP contribution is 2.18. The van der Waals surface area contributed by atoms with Gasteiger partial charge < -0.3 is 14.6 Å². The SMILES string of the molecule is COc1ccc(N=C([O-])c2n[nH]n(-c3ccc(OC)cc3)c2=O)cc1. The van der Waals surface area contributed by atoms with Gasteiger partial charge in [0.15, 0.2) is 5.69 Å². The van der Waals surface area contributed by atoms with Crippen molar-refractivity contribution in [2.45, 2.75) is 0 Å². The highest BCUT2D eigenvalue weighted by Gasteiger charge is 2.10. The molecule has 2 aromatic carbocycles. The summed E-state index contributed by atoms with van der Waals surface area (Å²) in [5.74, 6) is 0.578. The molecule has 0 aliphatic heterocycles. The molecule has 1 N–H and O–H groups in total. The van der Waals surface area contributed by atoms with Crippen LogP contribution in [0.4, 0.5) is 5.69 Å². The van der Waals surface area contributed by atoms with E-state index in [0.29, 0.717) is 22.9 Å². The molecule has 0 fully saturated rings. The van der Waals surface area contributed by atoms with E-state index < -0.39 is 11.5 Å². The number of hydrogen-bond donors (Lipinski definition) is 1. The number of aromatic nitrogens is 3. The van der Waals surface area contributed by atoms with Crippen LogP contribution in [0.25, 0.3) is 5.69 Å². The summed E-state index contributed by atoms with van der Waals surface area (Å²) in [6.07, 6.45) is 0. The lowest BCUT2D eigenvalue weighted by Gasteiger charge is -2.06. The molecule has 0 spiro atoms. The Balaban J connectivity index is 1.91. The summed E-state index contributed by atoms with van der Waals surface area (Å²) < 4.78 is 11.3. The minimum Gasteiger partial charge on any atom is -0.857 e. The fraction of sp³-hybridized carbons (Fsp3) is 0.118. The van der Waals surface area contributed by atoms with Gasteiger partial charge in [-0.25, -0.2) is 9.90 Å². The second-order valence-corrected chi connectivity index (χ2v) is 5.01. The average molecular weight is 339 g/mol. The molecule has 0 unspecified atom stereocenters. The van der Waals surface area contributed by atoms with Crippen molar-refractivity contribution in [3.05, 3.63) is 64.6 Å². The number of rotatable bonds is 5. The van der Waals surface area contributed by atoms with Crippen LogP contribution in [-0.4, -0.2) is 35.1 Å². The molecule has 0 aliphatic rings. The Labute approximate surface area is 143 Å². The third kappa shape index (κ3) is 3.37. The van der Waals surface area contributed by atoms with Crippen molar-refractivity contribution in [3.63, 3.8) is 0 Å². The van der Waals surface area contributed by atoms with Crippen molar-refractivity contribution in [2.75, 3.05) is 14.2 Å². The molecule has 25 heavy (non-hydrogen) atoms. The quantitative estimate of drug-likeness (QED) is 0.552. The first kappa shape index (κ1) is 16.3. The van der Waals surface area contributed by atoms with Crippen LogP contribution in [0.3, 0.4) is 0 Å². The van der Waals surface area contributed by atoms with Gasteiger partial charge in [0.05, 0.1) is 25.6 Å². The molecule has 3 aromatic rings. The van der Waals surface area contributed by atoms with Gasteiger partial charge in [-0.3, -0.25) is 9.79 Å². The van der Waals surface area contributed by atoms with E-state index in [-0.39, 0.29) is 5.69 Å². The standard InChI is InChI=1S/C17H16N4O4/c1-24-13-7-3-11(4-8-13)18-16(22)15-17(23)21(20-19-15)12-5-9-14(25-2)10-6-12/h3-10,20H,1-2H3,(H,18,22)/p-1. The number of aromatic amines is 1. The predicted molar refractivity (Wildman–Crippen MR) is 89.9 cm³/mol. The Morgan fingerprint density at radius 1 is 1.04 bits per heavy atom. The largest absolute Gasteiger partial charge is 0.857 e. The number of H-pyrrole nitrogens is 1. The Hall–Kier alpha value is -3.55. The first-order valence-corrected chi connectivity index (χ1v) is 7.34. The molecular formula is C17H15N4O4-. The van der Waals surface area contributed by atoms with Crippen LogP contribution in [0.5, 0.6) is 11.5 Å². The number of aliphatic imine (C=N–C) groups is 1. The van der Waals surface area contributed by atoms with E-state index >= 15 is 0 Å². The zero-order chi connectivity index (χ0) is 17.8. The normalized spacial score (nSPS) is 11.4. The molecule has 128 valence electrons. The molecule has 0 radical (unpaired) electrons. The summed E-state index contributed by atoms with van der Waals surface area (Å²) >= 11 is 0. The maximum absolute atomic E-state index is 12.4. The molecule has 0 amide bonds. The van der Waals surface area contributed by atoms with E-state index in [1.807, 2.05) is 0 Å². The highest BCUT2D eigenvalue weighted by molar-refractivity contribution is 5.90. The van der Waals surface area contributed by atoms with Gasteiger partial charge in [-0.15, -0.1) is 0 Å². The van der Waals surface area contributed by atoms with Crippen LogP contribution in [0.1, 0.15) is 5.69 Å². The minimum atomic E-state index is -0.723. The topological polar surface area (TPSA) is 105 Å². The summed E-state index contributed by atoms with van der Waals surface area (Å²) in [7, 11) is 3.09. The molecule has 0 aliphatic carbocycles. The van der Waals surface area contributed by atoms with Gasteiger partial charge in [0.2, 0.25) is 0 Å². The van der Waals surface area contributed by atoms with Crippen LogP contribution in [0, 0.1) is 0 Å². The summed E-state index contributed by atoms with van der Waals surface area (Å²) in [4.78, 5) is 16.3. The molecular weight excluding hydrogens is 324 g/mol. The van der Waals surface area contributed by atoms with Crippen LogP contribution in [0.15, 0.2) is 58.3 Å². The van der Waals surface area contributed by atoms with Gasteiger partial charge in [0, 0.05) is 5.90 Å². The van der Waals surface area contributed by atoms with Crippen LogP contribution >= 0.6 is 0 Å². The zero-order valence-electron chi connectivity index (χ0n) is 13.6. The van der Waals surface area contributed by atoms with Crippen LogP contribution in [-0.2, 0) is 0 Å². The van der Waals surface area contributed by atoms with Gasteiger partial charge in [-0.05, 0) is 48.5 Å². The number of nitrogens with one attached hydrogen (secondary N) is 1. The van der Waals surface area contributed by atoms with Gasteiger partial charge in [0.25, 0.3) is 5.56 Å². The first-order valence-electron chi connectivity index (χ1n) is 7.34. The lowest BCUT2D eigenvalue weighted by atomic mass is 10.3. The molecule has 1 heterocycles. The predicted octanol–water partition coefficient (Wildman–Crippen LogP) is 1.02. The Morgan fingerprint density at radius 2 is 1.60 bits per heavy atom. The third-order valence-electron chi connectivity index (χ3n) is 3.50. The van der Waals surface area contributed by atoms with E-state index in [0.717, 1.165) is 4.68 Å². The highest BCUT2D eigenvalue weighted by atomic mass is 16.5. The van der Waals surface area contributed by atoms with Crippen molar-refractivity contribution in [3.8, 4) is 17.2 Å². The van der Waals surface area contributed by atoms with E-state index in [4.69, 9.17) is 9.47 Å². The van der Waals surface area contributed by atoms with Gasteiger partial charge in [-0.1, -0.05) is 0 Å². The molecule has 0 bridgehead atoms. The maximum Gasteiger partial charge on any atom is 0.299 e. The molecule has 0 atom stereocenters. The monoisotopic (exact) mass is 339 g/mol. The average Bonchev–Trinajstić information content (AvgIpc) is 3.04. The van der Waals surface area contributed by atoms with Crippen LogP contribution in [0.2, 0.25) is 0 Å². The summed E-state index contributed by atoms with van der Waals surface area (Å²) in [5, 5.41) is 18.5. The number of ether oxygens (including phenoxy) is 2. The van der Waals surface area contributed by atoms with Gasteiger partial charge in [0.1, 0.15) is 11.5 Å². The summed E-state index contributed by atoms with van der Waals surface area (Å²) in [6.45, 7) is 0. The van der Waals surface area contributed by atoms with Crippen molar-refractivity contribution in [1.82, 2.24) is 15.0 Å². The second-order valence-electron chi connectivity index (χ2n) is 5.01. The lowest BCUT2D eigenvalue weighted by Crippen LogP contribution is -2.28. The van der Waals surface area contributed by atoms with E-state index in [1.54, 1.807) is 62.8 Å². The lowest BCUT2D eigenvalue weighted by molar-refractivity contribution is -0.213. The van der Waals surface area contributed by atoms with Gasteiger partial charge >= 0.3 is 0 Å². The smallest absolute Gasteiger partial charge is 0.299 e. The van der Waals surface area contributed by atoms with Gasteiger partial charge in [-0.2, -0.15) is 5.10 Å². The van der Waals surface area contributed by atoms with Crippen molar-refractivity contribution >= 4 is 11.6 Å². The zero-order valence-corrected chi connectivity index (χ0v) is 13.6. The first-order chi connectivity index (χ1) is 12.1. The molecule has 1 aromatic heterocycles. The van der Waals surface area contributed by atoms with Crippen LogP contribution < -0.4 is 20.1 Å².